The van der Waals surface area contributed by atoms with Gasteiger partial charge in [0.05, 0.1) is 18.7 Å². The van der Waals surface area contributed by atoms with E-state index in [0.717, 1.165) is 11.5 Å². The van der Waals surface area contributed by atoms with Crippen molar-refractivity contribution in [1.29, 1.82) is 5.26 Å². The molecule has 1 aliphatic carbocycles. The van der Waals surface area contributed by atoms with Crippen molar-refractivity contribution in [3.8, 4) is 22.9 Å². The first-order valence-electron chi connectivity index (χ1n) is 10.5. The Morgan fingerprint density at radius 1 is 1.11 bits per heavy atom. The van der Waals surface area contributed by atoms with Crippen molar-refractivity contribution in [2.75, 3.05) is 7.11 Å². The van der Waals surface area contributed by atoms with E-state index >= 15 is 0 Å². The van der Waals surface area contributed by atoms with E-state index in [0.29, 0.717) is 22.6 Å². The van der Waals surface area contributed by atoms with Crippen LogP contribution in [0.1, 0.15) is 74.5 Å². The number of aryl methyl sites for hydroxylation is 1. The number of ether oxygens (including phenoxy) is 1. The molecule has 28 heavy (non-hydrogen) atoms. The maximum Gasteiger partial charge on any atom is 0.168 e. The Labute approximate surface area is 168 Å². The van der Waals surface area contributed by atoms with Crippen molar-refractivity contribution < 1.29 is 9.13 Å². The molecule has 2 nitrogen and oxygen atoms in total. The first-order valence-corrected chi connectivity index (χ1v) is 10.5. The molecule has 2 aromatic rings. The standard InChI is InChI=1S/C25H30FNO/c1-4-5-6-18-8-10-19(11-9-18)20-12-14-22(21(15-20)16-27)23-13-7-17(2)24(26)25(23)28-3/h7,12-15,18-19H,4-6,8-11H2,1-3H3. The van der Waals surface area contributed by atoms with Crippen molar-refractivity contribution >= 4 is 0 Å². The lowest BCUT2D eigenvalue weighted by Gasteiger charge is -2.29. The molecule has 0 aliphatic heterocycles. The van der Waals surface area contributed by atoms with Gasteiger partial charge in [-0.15, -0.1) is 0 Å². The highest BCUT2D eigenvalue weighted by atomic mass is 19.1. The summed E-state index contributed by atoms with van der Waals surface area (Å²) in [6.45, 7) is 3.97. The lowest BCUT2D eigenvalue weighted by Crippen LogP contribution is -2.13. The molecule has 0 N–H and O–H groups in total. The molecule has 1 fully saturated rings. The van der Waals surface area contributed by atoms with Crippen LogP contribution in [0, 0.1) is 30.0 Å². The third-order valence-corrected chi connectivity index (χ3v) is 6.23. The first-order chi connectivity index (χ1) is 13.6. The predicted molar refractivity (Wildman–Crippen MR) is 112 cm³/mol. The zero-order valence-corrected chi connectivity index (χ0v) is 17.2. The van der Waals surface area contributed by atoms with Crippen LogP contribution in [0.4, 0.5) is 4.39 Å². The van der Waals surface area contributed by atoms with E-state index in [-0.39, 0.29) is 11.6 Å². The number of benzene rings is 2. The van der Waals surface area contributed by atoms with E-state index in [9.17, 15) is 9.65 Å². The summed E-state index contributed by atoms with van der Waals surface area (Å²) >= 11 is 0. The summed E-state index contributed by atoms with van der Waals surface area (Å²) in [5, 5.41) is 9.74. The minimum Gasteiger partial charge on any atom is -0.493 e. The van der Waals surface area contributed by atoms with Gasteiger partial charge in [0.2, 0.25) is 0 Å². The number of rotatable bonds is 6. The van der Waals surface area contributed by atoms with E-state index in [2.05, 4.69) is 19.1 Å². The van der Waals surface area contributed by atoms with E-state index in [4.69, 9.17) is 4.74 Å². The summed E-state index contributed by atoms with van der Waals surface area (Å²) in [4.78, 5) is 0. The van der Waals surface area contributed by atoms with Gasteiger partial charge in [-0.3, -0.25) is 0 Å². The molecule has 3 rings (SSSR count). The average molecular weight is 380 g/mol. The zero-order valence-electron chi connectivity index (χ0n) is 17.2. The molecule has 0 heterocycles. The highest BCUT2D eigenvalue weighted by molar-refractivity contribution is 5.76. The topological polar surface area (TPSA) is 33.0 Å². The normalized spacial score (nSPS) is 19.2. The summed E-state index contributed by atoms with van der Waals surface area (Å²) < 4.78 is 19.8. The van der Waals surface area contributed by atoms with E-state index in [1.165, 1.54) is 57.6 Å². The number of hydrogen-bond acceptors (Lipinski definition) is 2. The van der Waals surface area contributed by atoms with Crippen molar-refractivity contribution in [1.82, 2.24) is 0 Å². The van der Waals surface area contributed by atoms with Crippen molar-refractivity contribution in [2.45, 2.75) is 64.7 Å². The van der Waals surface area contributed by atoms with Crippen LogP contribution >= 0.6 is 0 Å². The molecule has 0 spiro atoms. The van der Waals surface area contributed by atoms with E-state index in [1.54, 1.807) is 13.0 Å². The van der Waals surface area contributed by atoms with Crippen LogP contribution in [0.5, 0.6) is 5.75 Å². The van der Waals surface area contributed by atoms with Gasteiger partial charge in [-0.05, 0) is 61.6 Å². The zero-order chi connectivity index (χ0) is 20.1. The molecule has 1 saturated carbocycles. The van der Waals surface area contributed by atoms with Crippen LogP contribution in [0.15, 0.2) is 30.3 Å². The number of halogens is 1. The fourth-order valence-electron chi connectivity index (χ4n) is 4.49. The second kappa shape index (κ2) is 9.24. The molecule has 0 atom stereocenters. The van der Waals surface area contributed by atoms with Crippen LogP contribution in [-0.4, -0.2) is 7.11 Å². The van der Waals surface area contributed by atoms with E-state index < -0.39 is 0 Å². The van der Waals surface area contributed by atoms with Gasteiger partial charge in [0, 0.05) is 11.1 Å². The largest absolute Gasteiger partial charge is 0.493 e. The van der Waals surface area contributed by atoms with Gasteiger partial charge >= 0.3 is 0 Å². The molecule has 2 aromatic carbocycles. The molecule has 148 valence electrons. The monoisotopic (exact) mass is 379 g/mol. The lowest BCUT2D eigenvalue weighted by molar-refractivity contribution is 0.304. The second-order valence-corrected chi connectivity index (χ2v) is 8.05. The smallest absolute Gasteiger partial charge is 0.168 e. The molecule has 0 saturated heterocycles. The molecule has 3 heteroatoms. The van der Waals surface area contributed by atoms with Gasteiger partial charge in [0.15, 0.2) is 11.6 Å². The van der Waals surface area contributed by atoms with Gasteiger partial charge in [-0.25, -0.2) is 4.39 Å². The number of nitriles is 1. The number of nitrogens with zero attached hydrogens (tertiary/aromatic N) is 1. The third-order valence-electron chi connectivity index (χ3n) is 6.23. The third kappa shape index (κ3) is 4.22. The lowest BCUT2D eigenvalue weighted by atomic mass is 9.76. The van der Waals surface area contributed by atoms with Crippen LogP contribution < -0.4 is 4.74 Å². The van der Waals surface area contributed by atoms with Gasteiger partial charge in [0.25, 0.3) is 0 Å². The van der Waals surface area contributed by atoms with Crippen LogP contribution in [0.3, 0.4) is 0 Å². The molecule has 0 radical (unpaired) electrons. The molecule has 0 bridgehead atoms. The van der Waals surface area contributed by atoms with Crippen molar-refractivity contribution in [3.63, 3.8) is 0 Å². The molecular formula is C25H30FNO. The molecule has 0 amide bonds. The summed E-state index contributed by atoms with van der Waals surface area (Å²) in [6, 6.07) is 12.0. The summed E-state index contributed by atoms with van der Waals surface area (Å²) in [5.74, 6) is 1.24. The van der Waals surface area contributed by atoms with Crippen molar-refractivity contribution in [2.24, 2.45) is 5.92 Å². The van der Waals surface area contributed by atoms with Crippen LogP contribution in [-0.2, 0) is 0 Å². The molecule has 1 aliphatic rings. The highest BCUT2D eigenvalue weighted by Gasteiger charge is 2.23. The summed E-state index contributed by atoms with van der Waals surface area (Å²) in [7, 11) is 1.47. The maximum absolute atomic E-state index is 14.5. The Hall–Kier alpha value is -2.34. The number of unbranched alkanes of at least 4 members (excludes halogenated alkanes) is 1. The highest BCUT2D eigenvalue weighted by Crippen LogP contribution is 2.40. The van der Waals surface area contributed by atoms with Crippen molar-refractivity contribution in [3.05, 3.63) is 52.8 Å². The van der Waals surface area contributed by atoms with Gasteiger partial charge < -0.3 is 4.74 Å². The van der Waals surface area contributed by atoms with Gasteiger partial charge in [-0.2, -0.15) is 5.26 Å². The number of hydrogen-bond donors (Lipinski definition) is 0. The summed E-state index contributed by atoms with van der Waals surface area (Å²) in [5.41, 5.74) is 3.74. The fraction of sp³-hybridized carbons (Fsp3) is 0.480. The van der Waals surface area contributed by atoms with Crippen LogP contribution in [0.25, 0.3) is 11.1 Å². The Kier molecular flexibility index (Phi) is 6.73. The fourth-order valence-corrected chi connectivity index (χ4v) is 4.49. The Morgan fingerprint density at radius 3 is 2.46 bits per heavy atom. The summed E-state index contributed by atoms with van der Waals surface area (Å²) in [6.07, 6.45) is 8.91. The van der Waals surface area contributed by atoms with Crippen LogP contribution in [0.2, 0.25) is 0 Å². The Balaban J connectivity index is 1.85. The maximum atomic E-state index is 14.5. The van der Waals surface area contributed by atoms with E-state index in [1.807, 2.05) is 18.2 Å². The molecular weight excluding hydrogens is 349 g/mol. The Morgan fingerprint density at radius 2 is 1.82 bits per heavy atom. The number of methoxy groups -OCH3 is 1. The van der Waals surface area contributed by atoms with Gasteiger partial charge in [0.1, 0.15) is 0 Å². The minimum atomic E-state index is -0.363. The second-order valence-electron chi connectivity index (χ2n) is 8.05. The predicted octanol–water partition coefficient (Wildman–Crippen LogP) is 7.15. The molecule has 0 unspecified atom stereocenters. The molecule has 0 aromatic heterocycles. The quantitative estimate of drug-likeness (QED) is 0.534. The van der Waals surface area contributed by atoms with Gasteiger partial charge in [-0.1, -0.05) is 50.5 Å². The minimum absolute atomic E-state index is 0.209. The average Bonchev–Trinajstić information content (AvgIpc) is 2.74. The first kappa shape index (κ1) is 20.4. The SMILES string of the molecule is CCCCC1CCC(c2ccc(-c3ccc(C)c(F)c3OC)c(C#N)c2)CC1. The Bertz CT molecular complexity index is 860.